The van der Waals surface area contributed by atoms with Gasteiger partial charge in [-0.05, 0) is 42.7 Å². The fourth-order valence-electron chi connectivity index (χ4n) is 2.55. The van der Waals surface area contributed by atoms with Crippen LogP contribution in [-0.4, -0.2) is 46.5 Å². The molecular formula is C18H20N2O3S2. The Hall–Kier alpha value is -1.51. The van der Waals surface area contributed by atoms with E-state index in [4.69, 9.17) is 21.7 Å². The quantitative estimate of drug-likeness (QED) is 0.377. The van der Waals surface area contributed by atoms with Gasteiger partial charge < -0.3 is 14.6 Å². The Morgan fingerprint density at radius 2 is 1.88 bits per heavy atom. The van der Waals surface area contributed by atoms with Gasteiger partial charge in [0, 0.05) is 12.6 Å². The van der Waals surface area contributed by atoms with Crippen LogP contribution in [0.5, 0.6) is 0 Å². The average Bonchev–Trinajstić information content (AvgIpc) is 3.11. The molecule has 3 rings (SSSR count). The molecule has 0 atom stereocenters. The summed E-state index contributed by atoms with van der Waals surface area (Å²) < 4.78 is 11.7. The van der Waals surface area contributed by atoms with Crippen molar-refractivity contribution in [2.45, 2.75) is 17.8 Å². The minimum absolute atomic E-state index is 0.316. The second-order valence-corrected chi connectivity index (χ2v) is 7.14. The van der Waals surface area contributed by atoms with Crippen molar-refractivity contribution in [1.82, 2.24) is 0 Å². The summed E-state index contributed by atoms with van der Waals surface area (Å²) in [6.45, 7) is 1.10. The molecule has 1 fully saturated rings. The molecule has 0 radical (unpaired) electrons. The lowest BCUT2D eigenvalue weighted by Crippen LogP contribution is -2.34. The van der Waals surface area contributed by atoms with E-state index in [1.165, 1.54) is 11.8 Å². The molecule has 0 amide bonds. The van der Waals surface area contributed by atoms with Crippen LogP contribution in [0.4, 0.5) is 5.69 Å². The van der Waals surface area contributed by atoms with Crippen molar-refractivity contribution in [2.75, 3.05) is 24.5 Å². The van der Waals surface area contributed by atoms with Crippen molar-refractivity contribution in [3.05, 3.63) is 54.6 Å². The van der Waals surface area contributed by atoms with Crippen LogP contribution in [0.2, 0.25) is 0 Å². The third-order valence-corrected chi connectivity index (χ3v) is 5.11. The molecule has 1 N–H and O–H groups in total. The number of anilines is 1. The molecule has 1 aromatic carbocycles. The van der Waals surface area contributed by atoms with Crippen molar-refractivity contribution in [3.8, 4) is 0 Å². The number of thiocarbonyl (C=S) groups is 1. The number of hydrogen-bond donors (Lipinski definition) is 1. The molecule has 1 spiro atoms. The predicted octanol–water partition coefficient (Wildman–Crippen LogP) is 3.12. The summed E-state index contributed by atoms with van der Waals surface area (Å²) in [6, 6.07) is 9.68. The summed E-state index contributed by atoms with van der Waals surface area (Å²) in [6.07, 6.45) is 10.8. The van der Waals surface area contributed by atoms with Gasteiger partial charge in [-0.15, -0.1) is 0 Å². The van der Waals surface area contributed by atoms with Crippen LogP contribution < -0.4 is 5.01 Å². The molecule has 5 nitrogen and oxygen atoms in total. The summed E-state index contributed by atoms with van der Waals surface area (Å²) >= 11 is 6.82. The van der Waals surface area contributed by atoms with Gasteiger partial charge in [0.25, 0.3) is 0 Å². The second-order valence-electron chi connectivity index (χ2n) is 5.70. The molecule has 0 unspecified atom stereocenters. The van der Waals surface area contributed by atoms with Crippen LogP contribution in [0.3, 0.4) is 0 Å². The zero-order valence-corrected chi connectivity index (χ0v) is 15.5. The fraction of sp³-hybridized carbons (Fsp3) is 0.333. The van der Waals surface area contributed by atoms with Crippen molar-refractivity contribution in [3.63, 3.8) is 0 Å². The standard InChI is InChI=1S/C18H20N2O3S2/c1-25-16(24)20(15-5-3-2-4-6-15)19-12-11-17(21)7-9-18(10-8-17)22-13-14-23-18/h2-10,12,21H,11,13-14H2,1H3/b19-12+. The van der Waals surface area contributed by atoms with Crippen LogP contribution in [0, 0.1) is 0 Å². The fourth-order valence-corrected chi connectivity index (χ4v) is 3.03. The SMILES string of the molecule is CSC(=S)N(/N=C/CC1(O)C=CC2(C=C1)OCCO2)c1ccccc1. The number of thioether (sulfide) groups is 1. The Morgan fingerprint density at radius 3 is 2.48 bits per heavy atom. The zero-order valence-electron chi connectivity index (χ0n) is 13.9. The van der Waals surface area contributed by atoms with E-state index in [2.05, 4.69) is 5.10 Å². The number of rotatable bonds is 4. The van der Waals surface area contributed by atoms with E-state index in [-0.39, 0.29) is 0 Å². The number of benzene rings is 1. The number of hydrogen-bond acceptors (Lipinski definition) is 6. The lowest BCUT2D eigenvalue weighted by Gasteiger charge is -2.29. The number of nitrogens with zero attached hydrogens (tertiary/aromatic N) is 2. The van der Waals surface area contributed by atoms with Crippen LogP contribution in [0.15, 0.2) is 59.7 Å². The van der Waals surface area contributed by atoms with Gasteiger partial charge in [-0.3, -0.25) is 0 Å². The number of hydrazone groups is 1. The smallest absolute Gasteiger partial charge is 0.208 e. The van der Waals surface area contributed by atoms with E-state index in [1.807, 2.05) is 36.6 Å². The Kier molecular flexibility index (Phi) is 5.71. The first-order valence-electron chi connectivity index (χ1n) is 7.92. The van der Waals surface area contributed by atoms with Crippen LogP contribution in [-0.2, 0) is 9.47 Å². The molecule has 0 bridgehead atoms. The molecule has 7 heteroatoms. The lowest BCUT2D eigenvalue weighted by atomic mass is 9.93. The maximum atomic E-state index is 10.7. The lowest BCUT2D eigenvalue weighted by molar-refractivity contribution is -0.0786. The highest BCUT2D eigenvalue weighted by Crippen LogP contribution is 2.30. The minimum atomic E-state index is -1.12. The molecular weight excluding hydrogens is 356 g/mol. The van der Waals surface area contributed by atoms with Gasteiger partial charge in [0.1, 0.15) is 5.60 Å². The van der Waals surface area contributed by atoms with Crippen LogP contribution >= 0.6 is 24.0 Å². The first kappa shape index (κ1) is 18.3. The summed E-state index contributed by atoms with van der Waals surface area (Å²) in [5.74, 6) is -0.820. The molecule has 2 aliphatic rings. The van der Waals surface area contributed by atoms with Gasteiger partial charge in [0.05, 0.1) is 18.9 Å². The number of ether oxygens (including phenoxy) is 2. The third kappa shape index (κ3) is 4.37. The first-order valence-corrected chi connectivity index (χ1v) is 9.56. The molecule has 1 aliphatic carbocycles. The first-order chi connectivity index (χ1) is 12.1. The number of para-hydroxylation sites is 1. The van der Waals surface area contributed by atoms with Crippen LogP contribution in [0.1, 0.15) is 6.42 Å². The highest BCUT2D eigenvalue weighted by molar-refractivity contribution is 8.22. The highest BCUT2D eigenvalue weighted by atomic mass is 32.2. The minimum Gasteiger partial charge on any atom is -0.381 e. The molecule has 1 aromatic rings. The highest BCUT2D eigenvalue weighted by Gasteiger charge is 2.36. The molecule has 1 heterocycles. The molecule has 1 saturated heterocycles. The van der Waals surface area contributed by atoms with E-state index < -0.39 is 11.4 Å². The topological polar surface area (TPSA) is 54.3 Å². The van der Waals surface area contributed by atoms with Crippen molar-refractivity contribution < 1.29 is 14.6 Å². The predicted molar refractivity (Wildman–Crippen MR) is 106 cm³/mol. The molecule has 25 heavy (non-hydrogen) atoms. The Balaban J connectivity index is 1.68. The maximum absolute atomic E-state index is 10.7. The van der Waals surface area contributed by atoms with E-state index in [0.29, 0.717) is 24.0 Å². The van der Waals surface area contributed by atoms with E-state index in [0.717, 1.165) is 5.69 Å². The second kappa shape index (κ2) is 7.80. The van der Waals surface area contributed by atoms with Crippen molar-refractivity contribution >= 4 is 40.2 Å². The Labute approximate surface area is 157 Å². The van der Waals surface area contributed by atoms with Gasteiger partial charge in [-0.1, -0.05) is 42.2 Å². The van der Waals surface area contributed by atoms with Gasteiger partial charge in [-0.25, -0.2) is 5.01 Å². The van der Waals surface area contributed by atoms with Crippen molar-refractivity contribution in [2.24, 2.45) is 5.10 Å². The van der Waals surface area contributed by atoms with Gasteiger partial charge in [0.2, 0.25) is 5.79 Å². The third-order valence-electron chi connectivity index (χ3n) is 3.91. The van der Waals surface area contributed by atoms with Crippen LogP contribution in [0.25, 0.3) is 0 Å². The molecule has 132 valence electrons. The number of aliphatic hydroxyl groups is 1. The monoisotopic (exact) mass is 376 g/mol. The summed E-state index contributed by atoms with van der Waals surface area (Å²) in [5, 5.41) is 16.8. The van der Waals surface area contributed by atoms with E-state index >= 15 is 0 Å². The normalized spacial score (nSPS) is 20.4. The Bertz CT molecular complexity index is 682. The summed E-state index contributed by atoms with van der Waals surface area (Å²) in [5.41, 5.74) is -0.237. The largest absolute Gasteiger partial charge is 0.381 e. The van der Waals surface area contributed by atoms with E-state index in [1.54, 1.807) is 35.5 Å². The molecule has 0 aromatic heterocycles. The zero-order chi connectivity index (χ0) is 17.8. The molecule has 0 saturated carbocycles. The molecule has 1 aliphatic heterocycles. The average molecular weight is 377 g/mol. The van der Waals surface area contributed by atoms with Gasteiger partial charge in [0.15, 0.2) is 4.32 Å². The summed E-state index contributed by atoms with van der Waals surface area (Å²) in [4.78, 5) is 0. The van der Waals surface area contributed by atoms with E-state index in [9.17, 15) is 5.11 Å². The summed E-state index contributed by atoms with van der Waals surface area (Å²) in [7, 11) is 0. The van der Waals surface area contributed by atoms with Gasteiger partial charge >= 0.3 is 0 Å². The van der Waals surface area contributed by atoms with Gasteiger partial charge in [-0.2, -0.15) is 5.10 Å². The maximum Gasteiger partial charge on any atom is 0.208 e. The Morgan fingerprint density at radius 1 is 1.24 bits per heavy atom. The van der Waals surface area contributed by atoms with Crippen molar-refractivity contribution in [1.29, 1.82) is 0 Å².